The van der Waals surface area contributed by atoms with Gasteiger partial charge in [0, 0.05) is 21.4 Å². The van der Waals surface area contributed by atoms with Crippen molar-refractivity contribution in [2.75, 3.05) is 5.32 Å². The third-order valence-electron chi connectivity index (χ3n) is 4.62. The fourth-order valence-electron chi connectivity index (χ4n) is 2.78. The van der Waals surface area contributed by atoms with Crippen LogP contribution in [0.2, 0.25) is 5.02 Å². The molecule has 1 saturated carbocycles. The Bertz CT molecular complexity index is 809. The van der Waals surface area contributed by atoms with E-state index < -0.39 is 23.4 Å². The van der Waals surface area contributed by atoms with Crippen molar-refractivity contribution in [1.82, 2.24) is 0 Å². The molecule has 0 bridgehead atoms. The van der Waals surface area contributed by atoms with Crippen molar-refractivity contribution in [2.24, 2.45) is 11.3 Å². The highest BCUT2D eigenvalue weighted by Gasteiger charge is 2.67. The number of benzene rings is 2. The molecule has 0 aliphatic heterocycles. The van der Waals surface area contributed by atoms with Crippen LogP contribution < -0.4 is 5.32 Å². The normalized spacial score (nSPS) is 22.1. The van der Waals surface area contributed by atoms with E-state index in [2.05, 4.69) is 5.32 Å². The Labute approximate surface area is 159 Å². The highest BCUT2D eigenvalue weighted by atomic mass is 35.5. The molecule has 1 amide bonds. The molecule has 0 spiro atoms. The smallest absolute Gasteiger partial charge is 0.326 e. The lowest BCUT2D eigenvalue weighted by Gasteiger charge is -2.14. The molecule has 1 fully saturated rings. The zero-order valence-electron chi connectivity index (χ0n) is 13.9. The second kappa shape index (κ2) is 7.16. The first-order chi connectivity index (χ1) is 12.2. The van der Waals surface area contributed by atoms with Gasteiger partial charge in [-0.2, -0.15) is 13.2 Å². The fraction of sp³-hybridized carbons (Fsp3) is 0.316. The average molecular weight is 400 g/mol. The highest BCUT2D eigenvalue weighted by molar-refractivity contribution is 7.98. The molecule has 1 aliphatic carbocycles. The van der Waals surface area contributed by atoms with Crippen molar-refractivity contribution in [1.29, 1.82) is 0 Å². The van der Waals surface area contributed by atoms with Crippen LogP contribution in [-0.4, -0.2) is 12.1 Å². The van der Waals surface area contributed by atoms with Gasteiger partial charge in [-0.15, -0.1) is 11.8 Å². The van der Waals surface area contributed by atoms with Crippen molar-refractivity contribution in [2.45, 2.75) is 30.2 Å². The van der Waals surface area contributed by atoms with E-state index in [1.165, 1.54) is 6.92 Å². The molecule has 26 heavy (non-hydrogen) atoms. The van der Waals surface area contributed by atoms with Crippen LogP contribution in [0, 0.1) is 11.3 Å². The van der Waals surface area contributed by atoms with E-state index in [1.54, 1.807) is 23.9 Å². The minimum Gasteiger partial charge on any atom is -0.326 e. The molecule has 2 nitrogen and oxygen atoms in total. The zero-order chi connectivity index (χ0) is 18.9. The lowest BCUT2D eigenvalue weighted by atomic mass is 10.1. The van der Waals surface area contributed by atoms with Gasteiger partial charge >= 0.3 is 6.18 Å². The molecule has 2 unspecified atom stereocenters. The van der Waals surface area contributed by atoms with E-state index in [4.69, 9.17) is 11.6 Å². The monoisotopic (exact) mass is 399 g/mol. The fourth-order valence-corrected chi connectivity index (χ4v) is 3.96. The van der Waals surface area contributed by atoms with E-state index >= 15 is 0 Å². The summed E-state index contributed by atoms with van der Waals surface area (Å²) in [6.07, 6.45) is -4.49. The van der Waals surface area contributed by atoms with E-state index in [1.807, 2.05) is 36.4 Å². The topological polar surface area (TPSA) is 29.1 Å². The summed E-state index contributed by atoms with van der Waals surface area (Å²) in [5.74, 6) is -1.44. The number of halogens is 4. The average Bonchev–Trinajstić information content (AvgIpc) is 3.30. The summed E-state index contributed by atoms with van der Waals surface area (Å²) in [5.41, 5.74) is 0.151. The van der Waals surface area contributed by atoms with Crippen LogP contribution in [0.1, 0.15) is 18.9 Å². The van der Waals surface area contributed by atoms with Crippen molar-refractivity contribution >= 4 is 35.0 Å². The summed E-state index contributed by atoms with van der Waals surface area (Å²) in [4.78, 5) is 13.1. The molecule has 7 heteroatoms. The summed E-state index contributed by atoms with van der Waals surface area (Å²) in [6.45, 7) is 1.36. The van der Waals surface area contributed by atoms with Crippen molar-refractivity contribution in [3.8, 4) is 0 Å². The molecule has 2 atom stereocenters. The summed E-state index contributed by atoms with van der Waals surface area (Å²) in [5, 5.41) is 3.30. The maximum atomic E-state index is 12.7. The number of hydrogen-bond acceptors (Lipinski definition) is 2. The molecule has 0 saturated heterocycles. The molecular formula is C19H17ClF3NOS. The quantitative estimate of drug-likeness (QED) is 0.610. The largest absolute Gasteiger partial charge is 0.392 e. The minimum absolute atomic E-state index is 0.159. The minimum atomic E-state index is -4.33. The van der Waals surface area contributed by atoms with Crippen LogP contribution in [0.15, 0.2) is 53.4 Å². The van der Waals surface area contributed by atoms with Gasteiger partial charge in [0.05, 0.1) is 11.3 Å². The van der Waals surface area contributed by atoms with Gasteiger partial charge in [-0.3, -0.25) is 4.79 Å². The van der Waals surface area contributed by atoms with Gasteiger partial charge in [-0.05, 0) is 42.3 Å². The van der Waals surface area contributed by atoms with Crippen LogP contribution in [-0.2, 0) is 10.5 Å². The second-order valence-corrected chi connectivity index (χ2v) is 8.03. The van der Waals surface area contributed by atoms with E-state index in [-0.39, 0.29) is 6.42 Å². The zero-order valence-corrected chi connectivity index (χ0v) is 15.5. The number of carbonyl (C=O) groups excluding carboxylic acids is 1. The number of amides is 1. The van der Waals surface area contributed by atoms with Gasteiger partial charge in [0.15, 0.2) is 0 Å². The Kier molecular flexibility index (Phi) is 5.26. The second-order valence-electron chi connectivity index (χ2n) is 6.57. The first-order valence-electron chi connectivity index (χ1n) is 8.04. The Morgan fingerprint density at radius 1 is 1.23 bits per heavy atom. The van der Waals surface area contributed by atoms with Crippen LogP contribution in [0.25, 0.3) is 0 Å². The Morgan fingerprint density at radius 2 is 1.88 bits per heavy atom. The summed E-state index contributed by atoms with van der Waals surface area (Å²) >= 11 is 7.72. The standard InChI is InChI=1S/C19H17ClF3NOS/c1-18(10-16(18)19(21,22)23)17(25)24-13-6-8-14(9-7-13)26-11-12-4-2-3-5-15(12)20/h2-9,16H,10-11H2,1H3,(H,24,25). The lowest BCUT2D eigenvalue weighted by molar-refractivity contribution is -0.159. The van der Waals surface area contributed by atoms with Crippen LogP contribution in [0.3, 0.4) is 0 Å². The Morgan fingerprint density at radius 3 is 2.46 bits per heavy atom. The SMILES string of the molecule is CC1(C(=O)Nc2ccc(SCc3ccccc3Cl)cc2)CC1C(F)(F)F. The molecule has 2 aromatic carbocycles. The maximum absolute atomic E-state index is 12.7. The first-order valence-corrected chi connectivity index (χ1v) is 9.41. The molecule has 1 N–H and O–H groups in total. The van der Waals surface area contributed by atoms with Crippen molar-refractivity contribution in [3.05, 3.63) is 59.1 Å². The number of rotatable bonds is 5. The number of hydrogen-bond donors (Lipinski definition) is 1. The van der Waals surface area contributed by atoms with Gasteiger partial charge in [-0.25, -0.2) is 0 Å². The Hall–Kier alpha value is -1.66. The molecule has 0 aromatic heterocycles. The highest BCUT2D eigenvalue weighted by Crippen LogP contribution is 2.60. The molecular weight excluding hydrogens is 383 g/mol. The molecule has 0 radical (unpaired) electrons. The third-order valence-corrected chi connectivity index (χ3v) is 6.04. The number of carbonyl (C=O) groups is 1. The molecule has 3 rings (SSSR count). The van der Waals surface area contributed by atoms with Gasteiger partial charge < -0.3 is 5.32 Å². The molecule has 138 valence electrons. The molecule has 0 heterocycles. The molecule has 2 aromatic rings. The van der Waals surface area contributed by atoms with Gasteiger partial charge in [0.1, 0.15) is 0 Å². The van der Waals surface area contributed by atoms with Crippen LogP contribution in [0.5, 0.6) is 0 Å². The number of nitrogens with one attached hydrogen (secondary N) is 1. The van der Waals surface area contributed by atoms with Gasteiger partial charge in [-0.1, -0.05) is 36.7 Å². The van der Waals surface area contributed by atoms with Crippen LogP contribution >= 0.6 is 23.4 Å². The number of alkyl halides is 3. The maximum Gasteiger partial charge on any atom is 0.392 e. The summed E-state index contributed by atoms with van der Waals surface area (Å²) < 4.78 is 38.2. The van der Waals surface area contributed by atoms with E-state index in [9.17, 15) is 18.0 Å². The van der Waals surface area contributed by atoms with Crippen LogP contribution in [0.4, 0.5) is 18.9 Å². The molecule has 1 aliphatic rings. The third kappa shape index (κ3) is 4.18. The van der Waals surface area contributed by atoms with Gasteiger partial charge in [0.25, 0.3) is 0 Å². The first kappa shape index (κ1) is 19.1. The number of anilines is 1. The van der Waals surface area contributed by atoms with E-state index in [0.29, 0.717) is 16.5 Å². The summed E-state index contributed by atoms with van der Waals surface area (Å²) in [7, 11) is 0. The predicted molar refractivity (Wildman–Crippen MR) is 98.4 cm³/mol. The number of thioether (sulfide) groups is 1. The summed E-state index contributed by atoms with van der Waals surface area (Å²) in [6, 6.07) is 14.6. The van der Waals surface area contributed by atoms with Gasteiger partial charge in [0.2, 0.25) is 5.91 Å². The lowest BCUT2D eigenvalue weighted by Crippen LogP contribution is -2.27. The predicted octanol–water partition coefficient (Wildman–Crippen LogP) is 6.16. The van der Waals surface area contributed by atoms with E-state index in [0.717, 1.165) is 10.5 Å². The Balaban J connectivity index is 1.57. The van der Waals surface area contributed by atoms with Crippen molar-refractivity contribution in [3.63, 3.8) is 0 Å². The van der Waals surface area contributed by atoms with Crippen molar-refractivity contribution < 1.29 is 18.0 Å².